The standard InChI is InChI=1S/C21H19ClF2N4O2/c1-12-16(22)4-3-5-18(12)26-19(29)8-9-25-21(30)15-11-28(2)27-20(15)14-7-6-13(23)10-17(14)24/h3-7,10-11H,8-9H2,1-2H3,(H,25,30)(H,26,29). The van der Waals surface area contributed by atoms with Gasteiger partial charge in [0.15, 0.2) is 0 Å². The molecule has 0 aliphatic carbocycles. The number of anilines is 1. The Morgan fingerprint density at radius 3 is 2.70 bits per heavy atom. The summed E-state index contributed by atoms with van der Waals surface area (Å²) in [7, 11) is 1.59. The van der Waals surface area contributed by atoms with E-state index >= 15 is 0 Å². The number of benzene rings is 2. The molecule has 3 aromatic rings. The third-order valence-electron chi connectivity index (χ3n) is 4.44. The maximum absolute atomic E-state index is 14.1. The number of aryl methyl sites for hydroxylation is 1. The van der Waals surface area contributed by atoms with Crippen molar-refractivity contribution in [3.05, 3.63) is 70.4 Å². The quantitative estimate of drug-likeness (QED) is 0.616. The lowest BCUT2D eigenvalue weighted by Gasteiger charge is -2.10. The maximum atomic E-state index is 14.1. The number of rotatable bonds is 6. The SMILES string of the molecule is Cc1c(Cl)cccc1NC(=O)CCNC(=O)c1cn(C)nc1-c1ccc(F)cc1F. The first-order valence-corrected chi connectivity index (χ1v) is 9.46. The third-order valence-corrected chi connectivity index (χ3v) is 4.85. The number of carbonyl (C=O) groups excluding carboxylic acids is 2. The van der Waals surface area contributed by atoms with Crippen molar-refractivity contribution in [3.63, 3.8) is 0 Å². The van der Waals surface area contributed by atoms with Gasteiger partial charge >= 0.3 is 0 Å². The average Bonchev–Trinajstić information content (AvgIpc) is 3.07. The molecule has 0 radical (unpaired) electrons. The number of amides is 2. The molecule has 2 amide bonds. The van der Waals surface area contributed by atoms with Crippen LogP contribution in [0.3, 0.4) is 0 Å². The fourth-order valence-corrected chi connectivity index (χ4v) is 3.05. The van der Waals surface area contributed by atoms with Gasteiger partial charge in [0.25, 0.3) is 5.91 Å². The first kappa shape index (κ1) is 21.4. The van der Waals surface area contributed by atoms with E-state index in [9.17, 15) is 18.4 Å². The third kappa shape index (κ3) is 4.83. The Hall–Kier alpha value is -3.26. The monoisotopic (exact) mass is 432 g/mol. The zero-order chi connectivity index (χ0) is 21.8. The second-order valence-corrected chi connectivity index (χ2v) is 7.06. The van der Waals surface area contributed by atoms with Crippen LogP contribution in [0.2, 0.25) is 5.02 Å². The predicted octanol–water partition coefficient (Wildman–Crippen LogP) is 4.09. The second-order valence-electron chi connectivity index (χ2n) is 6.66. The summed E-state index contributed by atoms with van der Waals surface area (Å²) in [5.41, 5.74) is 1.56. The lowest BCUT2D eigenvalue weighted by molar-refractivity contribution is -0.116. The van der Waals surface area contributed by atoms with Gasteiger partial charge in [0.1, 0.15) is 17.3 Å². The van der Waals surface area contributed by atoms with Gasteiger partial charge in [-0.3, -0.25) is 14.3 Å². The Morgan fingerprint density at radius 2 is 1.97 bits per heavy atom. The number of hydrogen-bond acceptors (Lipinski definition) is 3. The summed E-state index contributed by atoms with van der Waals surface area (Å²) in [6.07, 6.45) is 1.46. The normalized spacial score (nSPS) is 10.7. The fraction of sp³-hybridized carbons (Fsp3) is 0.190. The molecule has 6 nitrogen and oxygen atoms in total. The Morgan fingerprint density at radius 1 is 1.20 bits per heavy atom. The van der Waals surface area contributed by atoms with Crippen LogP contribution < -0.4 is 10.6 Å². The lowest BCUT2D eigenvalue weighted by atomic mass is 10.1. The van der Waals surface area contributed by atoms with Crippen molar-refractivity contribution in [2.45, 2.75) is 13.3 Å². The van der Waals surface area contributed by atoms with Crippen LogP contribution >= 0.6 is 11.6 Å². The molecule has 0 saturated carbocycles. The summed E-state index contributed by atoms with van der Waals surface area (Å²) >= 11 is 6.03. The Balaban J connectivity index is 1.64. The van der Waals surface area contributed by atoms with Crippen molar-refractivity contribution < 1.29 is 18.4 Å². The van der Waals surface area contributed by atoms with Crippen LogP contribution in [-0.2, 0) is 11.8 Å². The maximum Gasteiger partial charge on any atom is 0.255 e. The van der Waals surface area contributed by atoms with Gasteiger partial charge in [0.05, 0.1) is 5.56 Å². The van der Waals surface area contributed by atoms with E-state index in [0.717, 1.165) is 17.7 Å². The molecule has 0 saturated heterocycles. The van der Waals surface area contributed by atoms with Gasteiger partial charge in [-0.25, -0.2) is 8.78 Å². The molecule has 9 heteroatoms. The van der Waals surface area contributed by atoms with Gasteiger partial charge in [-0.2, -0.15) is 5.10 Å². The molecule has 2 N–H and O–H groups in total. The molecule has 0 aliphatic rings. The molecule has 0 aliphatic heterocycles. The number of carbonyl (C=O) groups is 2. The molecule has 0 unspecified atom stereocenters. The highest BCUT2D eigenvalue weighted by molar-refractivity contribution is 6.31. The van der Waals surface area contributed by atoms with Crippen LogP contribution in [0.1, 0.15) is 22.3 Å². The summed E-state index contributed by atoms with van der Waals surface area (Å²) in [5, 5.41) is 10.0. The van der Waals surface area contributed by atoms with Crippen molar-refractivity contribution in [2.75, 3.05) is 11.9 Å². The molecule has 0 spiro atoms. The average molecular weight is 433 g/mol. The van der Waals surface area contributed by atoms with E-state index in [1.807, 2.05) is 0 Å². The summed E-state index contributed by atoms with van der Waals surface area (Å²) < 4.78 is 28.7. The minimum atomic E-state index is -0.820. The molecule has 0 atom stereocenters. The van der Waals surface area contributed by atoms with Gasteiger partial charge in [-0.15, -0.1) is 0 Å². The van der Waals surface area contributed by atoms with E-state index in [1.165, 1.54) is 16.9 Å². The van der Waals surface area contributed by atoms with Crippen LogP contribution in [0.25, 0.3) is 11.3 Å². The minimum absolute atomic E-state index is 0.0105. The molecular weight excluding hydrogens is 414 g/mol. The molecule has 156 valence electrons. The predicted molar refractivity (Wildman–Crippen MR) is 110 cm³/mol. The van der Waals surface area contributed by atoms with Gasteiger partial charge in [-0.1, -0.05) is 17.7 Å². The van der Waals surface area contributed by atoms with E-state index < -0.39 is 17.5 Å². The zero-order valence-electron chi connectivity index (χ0n) is 16.3. The van der Waals surface area contributed by atoms with Crippen LogP contribution in [0.4, 0.5) is 14.5 Å². The van der Waals surface area contributed by atoms with E-state index in [1.54, 1.807) is 32.2 Å². The number of nitrogens with one attached hydrogen (secondary N) is 2. The highest BCUT2D eigenvalue weighted by Gasteiger charge is 2.20. The van der Waals surface area contributed by atoms with Crippen molar-refractivity contribution in [1.29, 1.82) is 0 Å². The lowest BCUT2D eigenvalue weighted by Crippen LogP contribution is -2.28. The van der Waals surface area contributed by atoms with Gasteiger partial charge in [0, 0.05) is 48.5 Å². The summed E-state index contributed by atoms with van der Waals surface area (Å²) in [6, 6.07) is 8.24. The molecule has 0 fully saturated rings. The number of halogens is 3. The van der Waals surface area contributed by atoms with Gasteiger partial charge < -0.3 is 10.6 Å². The van der Waals surface area contributed by atoms with Crippen molar-refractivity contribution in [1.82, 2.24) is 15.1 Å². The molecule has 2 aromatic carbocycles. The second kappa shape index (κ2) is 9.04. The number of aromatic nitrogens is 2. The van der Waals surface area contributed by atoms with Gasteiger partial charge in [-0.05, 0) is 36.8 Å². The molecular formula is C21H19ClF2N4O2. The topological polar surface area (TPSA) is 76.0 Å². The van der Waals surface area contributed by atoms with E-state index in [4.69, 9.17) is 11.6 Å². The molecule has 1 heterocycles. The van der Waals surface area contributed by atoms with Crippen molar-refractivity contribution >= 4 is 29.1 Å². The van der Waals surface area contributed by atoms with Crippen LogP contribution in [0.15, 0.2) is 42.6 Å². The molecule has 1 aromatic heterocycles. The number of hydrogen-bond donors (Lipinski definition) is 2. The first-order chi connectivity index (χ1) is 14.3. The van der Waals surface area contributed by atoms with E-state index in [0.29, 0.717) is 10.7 Å². The summed E-state index contributed by atoms with van der Waals surface area (Å²) in [4.78, 5) is 24.7. The highest BCUT2D eigenvalue weighted by atomic mass is 35.5. The largest absolute Gasteiger partial charge is 0.351 e. The molecule has 3 rings (SSSR count). The smallest absolute Gasteiger partial charge is 0.255 e. The zero-order valence-corrected chi connectivity index (χ0v) is 17.1. The fourth-order valence-electron chi connectivity index (χ4n) is 2.88. The first-order valence-electron chi connectivity index (χ1n) is 9.08. The highest BCUT2D eigenvalue weighted by Crippen LogP contribution is 2.26. The Kier molecular flexibility index (Phi) is 6.47. The Bertz CT molecular complexity index is 1110. The Labute approximate surface area is 176 Å². The van der Waals surface area contributed by atoms with E-state index in [-0.39, 0.29) is 35.7 Å². The molecule has 30 heavy (non-hydrogen) atoms. The molecule has 0 bridgehead atoms. The van der Waals surface area contributed by atoms with Crippen LogP contribution in [0.5, 0.6) is 0 Å². The number of nitrogens with zero attached hydrogens (tertiary/aromatic N) is 2. The van der Waals surface area contributed by atoms with Gasteiger partial charge in [0.2, 0.25) is 5.91 Å². The van der Waals surface area contributed by atoms with Crippen molar-refractivity contribution in [3.8, 4) is 11.3 Å². The van der Waals surface area contributed by atoms with Crippen molar-refractivity contribution in [2.24, 2.45) is 7.05 Å². The van der Waals surface area contributed by atoms with E-state index in [2.05, 4.69) is 15.7 Å². The van der Waals surface area contributed by atoms with Crippen LogP contribution in [-0.4, -0.2) is 28.1 Å². The van der Waals surface area contributed by atoms with Crippen LogP contribution in [0, 0.1) is 18.6 Å². The summed E-state index contributed by atoms with van der Waals surface area (Å²) in [5.74, 6) is -2.36. The summed E-state index contributed by atoms with van der Waals surface area (Å²) in [6.45, 7) is 1.85. The minimum Gasteiger partial charge on any atom is -0.351 e.